The van der Waals surface area contributed by atoms with Crippen molar-refractivity contribution in [1.82, 2.24) is 5.32 Å². The van der Waals surface area contributed by atoms with Crippen molar-refractivity contribution in [2.45, 2.75) is 45.1 Å². The van der Waals surface area contributed by atoms with Crippen molar-refractivity contribution in [3.05, 3.63) is 0 Å². The number of alkyl halides is 1. The average molecular weight is 222 g/mol. The third-order valence-electron chi connectivity index (χ3n) is 2.00. The third kappa shape index (κ3) is 7.15. The second-order valence-corrected chi connectivity index (χ2v) is 4.43. The van der Waals surface area contributed by atoms with Gasteiger partial charge in [-0.2, -0.15) is 0 Å². The molecular formula is C10H20ClNO2. The SMILES string of the molecule is CC(C)(CCO)NC(=O)CCCCCl. The maximum atomic E-state index is 11.4. The number of aliphatic hydroxyl groups excluding tert-OH is 1. The lowest BCUT2D eigenvalue weighted by Crippen LogP contribution is -2.43. The standard InChI is InChI=1S/C10H20ClNO2/c1-10(2,6-8-13)12-9(14)5-3-4-7-11/h13H,3-8H2,1-2H3,(H,12,14). The molecular weight excluding hydrogens is 202 g/mol. The first kappa shape index (κ1) is 13.7. The van der Waals surface area contributed by atoms with E-state index in [9.17, 15) is 4.79 Å². The van der Waals surface area contributed by atoms with Crippen LogP contribution >= 0.6 is 11.6 Å². The third-order valence-corrected chi connectivity index (χ3v) is 2.27. The van der Waals surface area contributed by atoms with Crippen molar-refractivity contribution < 1.29 is 9.90 Å². The summed E-state index contributed by atoms with van der Waals surface area (Å²) in [5.74, 6) is 0.640. The van der Waals surface area contributed by atoms with Gasteiger partial charge in [-0.05, 0) is 33.1 Å². The summed E-state index contributed by atoms with van der Waals surface area (Å²) < 4.78 is 0. The van der Waals surface area contributed by atoms with E-state index in [0.29, 0.717) is 18.7 Å². The Bertz CT molecular complexity index is 172. The molecule has 0 heterocycles. The molecule has 0 aliphatic heterocycles. The van der Waals surface area contributed by atoms with E-state index in [1.165, 1.54) is 0 Å². The van der Waals surface area contributed by atoms with Crippen LogP contribution in [-0.2, 0) is 4.79 Å². The highest BCUT2D eigenvalue weighted by Crippen LogP contribution is 2.08. The zero-order valence-electron chi connectivity index (χ0n) is 8.98. The van der Waals surface area contributed by atoms with Crippen LogP contribution in [0.15, 0.2) is 0 Å². The number of carbonyl (C=O) groups excluding carboxylic acids is 1. The predicted octanol–water partition coefficient (Wildman–Crippen LogP) is 1.67. The fourth-order valence-corrected chi connectivity index (χ4v) is 1.35. The minimum Gasteiger partial charge on any atom is -0.396 e. The van der Waals surface area contributed by atoms with Gasteiger partial charge in [0, 0.05) is 24.4 Å². The molecule has 0 saturated heterocycles. The van der Waals surface area contributed by atoms with E-state index in [-0.39, 0.29) is 18.1 Å². The molecule has 2 N–H and O–H groups in total. The topological polar surface area (TPSA) is 49.3 Å². The Balaban J connectivity index is 3.69. The minimum absolute atomic E-state index is 0.0357. The highest BCUT2D eigenvalue weighted by atomic mass is 35.5. The summed E-state index contributed by atoms with van der Waals surface area (Å²) in [5.41, 5.74) is -0.313. The molecule has 0 radical (unpaired) electrons. The lowest BCUT2D eigenvalue weighted by atomic mass is 10.0. The zero-order chi connectivity index (χ0) is 11.0. The lowest BCUT2D eigenvalue weighted by Gasteiger charge is -2.25. The Morgan fingerprint density at radius 1 is 1.43 bits per heavy atom. The first-order valence-corrected chi connectivity index (χ1v) is 5.53. The largest absolute Gasteiger partial charge is 0.396 e. The van der Waals surface area contributed by atoms with Crippen molar-refractivity contribution in [1.29, 1.82) is 0 Å². The van der Waals surface area contributed by atoms with E-state index >= 15 is 0 Å². The normalized spacial score (nSPS) is 11.4. The van der Waals surface area contributed by atoms with E-state index in [1.807, 2.05) is 13.8 Å². The molecule has 0 aromatic rings. The first-order chi connectivity index (χ1) is 6.52. The van der Waals surface area contributed by atoms with E-state index in [4.69, 9.17) is 16.7 Å². The molecule has 0 aliphatic rings. The fraction of sp³-hybridized carbons (Fsp3) is 0.900. The molecule has 0 bridgehead atoms. The number of rotatable bonds is 7. The van der Waals surface area contributed by atoms with E-state index in [1.54, 1.807) is 0 Å². The van der Waals surface area contributed by atoms with E-state index in [2.05, 4.69) is 5.32 Å². The van der Waals surface area contributed by atoms with Crippen molar-refractivity contribution in [3.63, 3.8) is 0 Å². The number of unbranched alkanes of at least 4 members (excludes halogenated alkanes) is 1. The van der Waals surface area contributed by atoms with Crippen LogP contribution in [0.3, 0.4) is 0 Å². The number of amides is 1. The molecule has 0 saturated carbocycles. The number of nitrogens with one attached hydrogen (secondary N) is 1. The van der Waals surface area contributed by atoms with Crippen LogP contribution in [0.25, 0.3) is 0 Å². The summed E-state index contributed by atoms with van der Waals surface area (Å²) in [6.45, 7) is 3.90. The Labute approximate surface area is 90.8 Å². The summed E-state index contributed by atoms with van der Waals surface area (Å²) >= 11 is 5.50. The van der Waals surface area contributed by atoms with Gasteiger partial charge in [0.1, 0.15) is 0 Å². The van der Waals surface area contributed by atoms with Crippen LogP contribution in [-0.4, -0.2) is 29.0 Å². The maximum absolute atomic E-state index is 11.4. The molecule has 0 atom stereocenters. The summed E-state index contributed by atoms with van der Waals surface area (Å²) in [6, 6.07) is 0. The molecule has 0 aliphatic carbocycles. The Hall–Kier alpha value is -0.280. The molecule has 0 aromatic carbocycles. The summed E-state index contributed by atoms with van der Waals surface area (Å²) in [5, 5.41) is 11.6. The minimum atomic E-state index is -0.313. The number of aliphatic hydroxyl groups is 1. The lowest BCUT2D eigenvalue weighted by molar-refractivity contribution is -0.122. The molecule has 4 heteroatoms. The van der Waals surface area contributed by atoms with Gasteiger partial charge in [0.2, 0.25) is 5.91 Å². The summed E-state index contributed by atoms with van der Waals surface area (Å²) in [7, 11) is 0. The second kappa shape index (κ2) is 7.07. The van der Waals surface area contributed by atoms with Crippen molar-refractivity contribution in [3.8, 4) is 0 Å². The molecule has 3 nitrogen and oxygen atoms in total. The Morgan fingerprint density at radius 3 is 2.57 bits per heavy atom. The van der Waals surface area contributed by atoms with Gasteiger partial charge in [-0.25, -0.2) is 0 Å². The van der Waals surface area contributed by atoms with Gasteiger partial charge >= 0.3 is 0 Å². The van der Waals surface area contributed by atoms with Gasteiger partial charge in [0.05, 0.1) is 0 Å². The summed E-state index contributed by atoms with van der Waals surface area (Å²) in [6.07, 6.45) is 2.79. The van der Waals surface area contributed by atoms with Crippen molar-refractivity contribution >= 4 is 17.5 Å². The molecule has 0 fully saturated rings. The number of hydrogen-bond donors (Lipinski definition) is 2. The van der Waals surface area contributed by atoms with Gasteiger partial charge in [0.15, 0.2) is 0 Å². The first-order valence-electron chi connectivity index (χ1n) is 4.99. The van der Waals surface area contributed by atoms with Gasteiger partial charge in [0.25, 0.3) is 0 Å². The fourth-order valence-electron chi connectivity index (χ4n) is 1.16. The van der Waals surface area contributed by atoms with E-state index < -0.39 is 0 Å². The van der Waals surface area contributed by atoms with Crippen LogP contribution < -0.4 is 5.32 Å². The summed E-state index contributed by atoms with van der Waals surface area (Å²) in [4.78, 5) is 11.4. The molecule has 0 spiro atoms. The van der Waals surface area contributed by atoms with Crippen LogP contribution in [0.5, 0.6) is 0 Å². The Morgan fingerprint density at radius 2 is 2.07 bits per heavy atom. The van der Waals surface area contributed by atoms with Gasteiger partial charge in [-0.3, -0.25) is 4.79 Å². The number of halogens is 1. The molecule has 1 amide bonds. The van der Waals surface area contributed by atoms with E-state index in [0.717, 1.165) is 12.8 Å². The van der Waals surface area contributed by atoms with Crippen LogP contribution in [0.4, 0.5) is 0 Å². The predicted molar refractivity (Wildman–Crippen MR) is 58.5 cm³/mol. The van der Waals surface area contributed by atoms with Gasteiger partial charge in [-0.1, -0.05) is 0 Å². The van der Waals surface area contributed by atoms with Crippen LogP contribution in [0, 0.1) is 0 Å². The quantitative estimate of drug-likeness (QED) is 0.508. The van der Waals surface area contributed by atoms with Gasteiger partial charge < -0.3 is 10.4 Å². The van der Waals surface area contributed by atoms with Crippen LogP contribution in [0.1, 0.15) is 39.5 Å². The monoisotopic (exact) mass is 221 g/mol. The molecule has 0 aromatic heterocycles. The molecule has 14 heavy (non-hydrogen) atoms. The molecule has 0 unspecified atom stereocenters. The highest BCUT2D eigenvalue weighted by molar-refractivity contribution is 6.17. The Kier molecular flexibility index (Phi) is 6.93. The highest BCUT2D eigenvalue weighted by Gasteiger charge is 2.18. The number of hydrogen-bond acceptors (Lipinski definition) is 2. The number of carbonyl (C=O) groups is 1. The zero-order valence-corrected chi connectivity index (χ0v) is 9.73. The molecule has 0 rings (SSSR count). The average Bonchev–Trinajstić information content (AvgIpc) is 2.03. The maximum Gasteiger partial charge on any atom is 0.220 e. The molecule has 84 valence electrons. The smallest absolute Gasteiger partial charge is 0.220 e. The van der Waals surface area contributed by atoms with Crippen molar-refractivity contribution in [2.24, 2.45) is 0 Å². The van der Waals surface area contributed by atoms with Crippen LogP contribution in [0.2, 0.25) is 0 Å². The van der Waals surface area contributed by atoms with Gasteiger partial charge in [-0.15, -0.1) is 11.6 Å². The van der Waals surface area contributed by atoms with Crippen molar-refractivity contribution in [2.75, 3.05) is 12.5 Å². The second-order valence-electron chi connectivity index (χ2n) is 4.05.